The largest absolute Gasteiger partial charge is 1.00 e. The van der Waals surface area contributed by atoms with Gasteiger partial charge in [0, 0.05) is 65.1 Å². The molecule has 4 rings (SSSR count). The van der Waals surface area contributed by atoms with Gasteiger partial charge in [0.05, 0.1) is 58.7 Å². The Labute approximate surface area is 362 Å². The maximum atomic E-state index is 14.7. The SMILES string of the molecule is CCN(CC)c1ccc2c(-c3ccccc3C(=O)N(CCOCCOCCOCCC(=O)OC(C)(C)C)CC(=O)NC(C)(C)C)c3ccc(=[N+](CC)CC)cc-3oc2c1.[Cl-]. The van der Waals surface area contributed by atoms with Crippen LogP contribution in [0, 0.1) is 0 Å². The van der Waals surface area contributed by atoms with E-state index < -0.39 is 11.1 Å². The number of hydrogen-bond acceptors (Lipinski definition) is 9. The predicted octanol–water partition coefficient (Wildman–Crippen LogP) is 4.01. The summed E-state index contributed by atoms with van der Waals surface area (Å²) in [5.74, 6) is -0.124. The van der Waals surface area contributed by atoms with Crippen LogP contribution in [-0.4, -0.2) is 113 Å². The molecule has 0 spiro atoms. The van der Waals surface area contributed by atoms with Gasteiger partial charge in [0.15, 0.2) is 0 Å². The van der Waals surface area contributed by atoms with Crippen LogP contribution in [-0.2, 0) is 28.5 Å². The van der Waals surface area contributed by atoms with Crippen molar-refractivity contribution < 1.29 is 50.2 Å². The van der Waals surface area contributed by atoms with Gasteiger partial charge in [-0.2, -0.15) is 0 Å². The molecule has 0 radical (unpaired) electrons. The number of carbonyl (C=O) groups excluding carboxylic acids is 3. The third-order valence-corrected chi connectivity index (χ3v) is 9.63. The molecule has 0 atom stereocenters. The Morgan fingerprint density at radius 1 is 0.750 bits per heavy atom. The molecule has 0 aromatic heterocycles. The van der Waals surface area contributed by atoms with E-state index in [4.69, 9.17) is 23.4 Å². The highest BCUT2D eigenvalue weighted by Crippen LogP contribution is 2.42. The Morgan fingerprint density at radius 3 is 2.00 bits per heavy atom. The second kappa shape index (κ2) is 23.5. The van der Waals surface area contributed by atoms with Crippen molar-refractivity contribution in [2.24, 2.45) is 0 Å². The number of halogens is 1. The number of ether oxygens (including phenoxy) is 4. The zero-order chi connectivity index (χ0) is 43.2. The van der Waals surface area contributed by atoms with Gasteiger partial charge in [-0.25, -0.2) is 4.58 Å². The normalized spacial score (nSPS) is 11.6. The highest BCUT2D eigenvalue weighted by atomic mass is 35.5. The lowest BCUT2D eigenvalue weighted by Gasteiger charge is -2.27. The third-order valence-electron chi connectivity index (χ3n) is 9.63. The number of rotatable bonds is 21. The van der Waals surface area contributed by atoms with Crippen LogP contribution in [0.2, 0.25) is 0 Å². The Kier molecular flexibility index (Phi) is 19.5. The van der Waals surface area contributed by atoms with E-state index in [0.29, 0.717) is 32.0 Å². The number of fused-ring (bicyclic) bond motifs is 2. The summed E-state index contributed by atoms with van der Waals surface area (Å²) in [5.41, 5.74) is 3.78. The molecule has 2 aromatic carbocycles. The molecule has 0 saturated heterocycles. The van der Waals surface area contributed by atoms with E-state index in [-0.39, 0.29) is 62.9 Å². The molecule has 2 aromatic rings. The molecule has 0 fully saturated rings. The average molecular weight is 852 g/mol. The molecule has 1 N–H and O–H groups in total. The van der Waals surface area contributed by atoms with Crippen LogP contribution in [0.5, 0.6) is 0 Å². The van der Waals surface area contributed by atoms with Crippen molar-refractivity contribution in [3.8, 4) is 22.5 Å². The second-order valence-corrected chi connectivity index (χ2v) is 16.4. The van der Waals surface area contributed by atoms with Crippen molar-refractivity contribution in [1.29, 1.82) is 0 Å². The fraction of sp³-hybridized carbons (Fsp3) is 0.532. The molecule has 0 saturated carbocycles. The van der Waals surface area contributed by atoms with Crippen LogP contribution in [0.15, 0.2) is 65.1 Å². The Hall–Kier alpha value is -4.49. The van der Waals surface area contributed by atoms with E-state index in [2.05, 4.69) is 78.9 Å². The van der Waals surface area contributed by atoms with Crippen molar-refractivity contribution in [2.75, 3.05) is 83.8 Å². The molecule has 13 heteroatoms. The van der Waals surface area contributed by atoms with Crippen molar-refractivity contribution in [3.63, 3.8) is 0 Å². The Bertz CT molecular complexity index is 2040. The van der Waals surface area contributed by atoms with Crippen LogP contribution in [0.4, 0.5) is 5.69 Å². The van der Waals surface area contributed by atoms with E-state index >= 15 is 0 Å². The number of esters is 1. The Morgan fingerprint density at radius 2 is 1.38 bits per heavy atom. The maximum Gasteiger partial charge on any atom is 0.308 e. The van der Waals surface area contributed by atoms with E-state index in [1.165, 1.54) is 0 Å². The van der Waals surface area contributed by atoms with Gasteiger partial charge in [0.25, 0.3) is 5.91 Å². The van der Waals surface area contributed by atoms with Gasteiger partial charge in [0.1, 0.15) is 30.0 Å². The molecule has 330 valence electrons. The van der Waals surface area contributed by atoms with E-state index in [1.807, 2.05) is 65.8 Å². The fourth-order valence-electron chi connectivity index (χ4n) is 6.93. The highest BCUT2D eigenvalue weighted by molar-refractivity contribution is 6.10. The number of carbonyl (C=O) groups is 3. The number of anilines is 1. The number of amides is 2. The van der Waals surface area contributed by atoms with Gasteiger partial charge in [-0.05, 0) is 99.1 Å². The van der Waals surface area contributed by atoms with E-state index in [1.54, 1.807) is 4.90 Å². The third kappa shape index (κ3) is 14.6. The summed E-state index contributed by atoms with van der Waals surface area (Å²) in [5, 5.41) is 4.95. The fourth-order valence-corrected chi connectivity index (χ4v) is 6.93. The summed E-state index contributed by atoms with van der Waals surface area (Å²) in [6, 6.07) is 20.2. The second-order valence-electron chi connectivity index (χ2n) is 16.4. The minimum Gasteiger partial charge on any atom is -1.00 e. The van der Waals surface area contributed by atoms with Crippen molar-refractivity contribution >= 4 is 34.4 Å². The molecular formula is C47H67ClN4O8. The van der Waals surface area contributed by atoms with E-state index in [0.717, 1.165) is 70.6 Å². The number of nitrogens with zero attached hydrogens (tertiary/aromatic N) is 3. The molecular weight excluding hydrogens is 784 g/mol. The number of hydrogen-bond donors (Lipinski definition) is 1. The summed E-state index contributed by atoms with van der Waals surface area (Å²) in [6.45, 7) is 25.0. The standard InChI is InChI=1S/C47H66N4O8.ClH/c1-11-49(12-2)34-19-21-38-40(31-34)58-41-32-35(50(13-3)14-4)20-22-39(41)44(38)36-17-15-16-18-37(36)45(54)51(33-42(52)48-46(5,6)7)24-26-56-28-30-57-29-27-55-25-23-43(53)59-47(8,9)10;/h15-22,31-32H,11-14,23-30,33H2,1-10H3;1H. The number of nitrogens with one attached hydrogen (secondary N) is 1. The summed E-state index contributed by atoms with van der Waals surface area (Å²) < 4.78 is 31.3. The van der Waals surface area contributed by atoms with Crippen molar-refractivity contribution in [2.45, 2.75) is 86.8 Å². The lowest BCUT2D eigenvalue weighted by atomic mass is 9.90. The molecule has 1 aliphatic carbocycles. The smallest absolute Gasteiger partial charge is 0.308 e. The van der Waals surface area contributed by atoms with Gasteiger partial charge in [0.2, 0.25) is 11.3 Å². The topological polar surface area (TPSA) is 123 Å². The molecule has 0 unspecified atom stereocenters. The molecule has 12 nitrogen and oxygen atoms in total. The minimum absolute atomic E-state index is 0. The Balaban J connectivity index is 0.00000961. The first-order valence-electron chi connectivity index (χ1n) is 21.1. The van der Waals surface area contributed by atoms with Crippen LogP contribution in [0.3, 0.4) is 0 Å². The van der Waals surface area contributed by atoms with Gasteiger partial charge in [-0.15, -0.1) is 0 Å². The first-order chi connectivity index (χ1) is 28.1. The van der Waals surface area contributed by atoms with Crippen LogP contribution < -0.4 is 32.6 Å². The van der Waals surface area contributed by atoms with Crippen LogP contribution in [0.25, 0.3) is 33.4 Å². The summed E-state index contributed by atoms with van der Waals surface area (Å²) >= 11 is 0. The van der Waals surface area contributed by atoms with Crippen molar-refractivity contribution in [3.05, 3.63) is 71.6 Å². The lowest BCUT2D eigenvalue weighted by molar-refractivity contribution is -0.156. The predicted molar refractivity (Wildman–Crippen MR) is 235 cm³/mol. The average Bonchev–Trinajstić information content (AvgIpc) is 3.17. The molecule has 0 bridgehead atoms. The summed E-state index contributed by atoms with van der Waals surface area (Å²) in [4.78, 5) is 43.8. The van der Waals surface area contributed by atoms with Gasteiger partial charge >= 0.3 is 5.97 Å². The monoisotopic (exact) mass is 850 g/mol. The molecule has 1 heterocycles. The van der Waals surface area contributed by atoms with Gasteiger partial charge in [-0.3, -0.25) is 14.4 Å². The first kappa shape index (κ1) is 49.9. The highest BCUT2D eigenvalue weighted by Gasteiger charge is 2.27. The van der Waals surface area contributed by atoms with Gasteiger partial charge in [-0.1, -0.05) is 18.2 Å². The van der Waals surface area contributed by atoms with Crippen LogP contribution in [0.1, 0.15) is 86.0 Å². The van der Waals surface area contributed by atoms with Crippen LogP contribution >= 0.6 is 0 Å². The quantitative estimate of drug-likeness (QED) is 0.0574. The maximum absolute atomic E-state index is 14.7. The van der Waals surface area contributed by atoms with Crippen molar-refractivity contribution in [1.82, 2.24) is 14.8 Å². The first-order valence-corrected chi connectivity index (χ1v) is 21.1. The van der Waals surface area contributed by atoms with Gasteiger partial charge < -0.3 is 50.9 Å². The molecule has 2 amide bonds. The number of benzene rings is 3. The zero-order valence-corrected chi connectivity index (χ0v) is 38.2. The lowest BCUT2D eigenvalue weighted by Crippen LogP contribution is -3.00. The summed E-state index contributed by atoms with van der Waals surface area (Å²) in [6.07, 6.45) is 0.178. The molecule has 2 aliphatic rings. The zero-order valence-electron chi connectivity index (χ0n) is 37.5. The molecule has 60 heavy (non-hydrogen) atoms. The minimum atomic E-state index is -0.524. The summed E-state index contributed by atoms with van der Waals surface area (Å²) in [7, 11) is 0. The molecule has 1 aliphatic heterocycles. The van der Waals surface area contributed by atoms with E-state index in [9.17, 15) is 14.4 Å².